The van der Waals surface area contributed by atoms with Gasteiger partial charge in [0.1, 0.15) is 18.6 Å². The number of methoxy groups -OCH3 is 1. The van der Waals surface area contributed by atoms with E-state index in [-0.39, 0.29) is 13.0 Å². The molecule has 0 bridgehead atoms. The summed E-state index contributed by atoms with van der Waals surface area (Å²) in [7, 11) is -1.92. The molecule has 0 aromatic carbocycles. The van der Waals surface area contributed by atoms with E-state index in [4.69, 9.17) is 19.7 Å². The van der Waals surface area contributed by atoms with Crippen molar-refractivity contribution in [2.75, 3.05) is 20.1 Å². The summed E-state index contributed by atoms with van der Waals surface area (Å²) in [4.78, 5) is 11.4. The minimum absolute atomic E-state index is 0.168. The van der Waals surface area contributed by atoms with Gasteiger partial charge in [0.25, 0.3) is 7.52 Å². The van der Waals surface area contributed by atoms with Crippen LogP contribution in [0.25, 0.3) is 0 Å². The van der Waals surface area contributed by atoms with E-state index in [0.717, 1.165) is 0 Å². The van der Waals surface area contributed by atoms with Crippen LogP contribution in [0.3, 0.4) is 0 Å². The van der Waals surface area contributed by atoms with Gasteiger partial charge in [-0.05, 0) is 20.8 Å². The topological polar surface area (TPSA) is 99.9 Å². The molecule has 0 aliphatic heterocycles. The average molecular weight is 268 g/mol. The highest BCUT2D eigenvalue weighted by Crippen LogP contribution is 2.43. The quantitative estimate of drug-likeness (QED) is 0.378. The fourth-order valence-corrected chi connectivity index (χ4v) is 2.92. The Labute approximate surface area is 101 Å². The summed E-state index contributed by atoms with van der Waals surface area (Å²) < 4.78 is 26.8. The number of hydrogen-bond donors (Lipinski definition) is 2. The fraction of sp³-hybridized carbons (Fsp3) is 0.889. The molecule has 0 saturated carbocycles. The second-order valence-corrected chi connectivity index (χ2v) is 5.58. The highest BCUT2D eigenvalue weighted by Gasteiger charge is 2.30. The van der Waals surface area contributed by atoms with Crippen LogP contribution in [0.5, 0.6) is 0 Å². The predicted molar refractivity (Wildman–Crippen MR) is 63.4 cm³/mol. The molecular weight excluding hydrogens is 247 g/mol. The predicted octanol–water partition coefficient (Wildman–Crippen LogP) is 0.646. The number of rotatable bonds is 8. The summed E-state index contributed by atoms with van der Waals surface area (Å²) in [5.74, 6) is -0.503. The molecule has 0 aliphatic rings. The third-order valence-corrected chi connectivity index (χ3v) is 3.72. The number of ether oxygens (including phenoxy) is 2. The lowest BCUT2D eigenvalue weighted by atomic mass is 10.4. The van der Waals surface area contributed by atoms with Gasteiger partial charge in [0, 0.05) is 7.11 Å². The first-order valence-corrected chi connectivity index (χ1v) is 7.12. The number of esters is 1. The lowest BCUT2D eigenvalue weighted by Gasteiger charge is -2.23. The van der Waals surface area contributed by atoms with Crippen LogP contribution in [-0.2, 0) is 23.4 Å². The third kappa shape index (κ3) is 6.75. The van der Waals surface area contributed by atoms with E-state index in [2.05, 4.69) is 5.09 Å². The Balaban J connectivity index is 4.53. The molecule has 0 saturated heterocycles. The number of hydrogen-bond acceptors (Lipinski definition) is 6. The van der Waals surface area contributed by atoms with Crippen LogP contribution in [0.4, 0.5) is 0 Å². The summed E-state index contributed by atoms with van der Waals surface area (Å²) in [5.41, 5.74) is 5.41. The molecule has 0 aromatic rings. The van der Waals surface area contributed by atoms with Gasteiger partial charge in [0.2, 0.25) is 0 Å². The summed E-state index contributed by atoms with van der Waals surface area (Å²) in [6.45, 7) is 5.02. The van der Waals surface area contributed by atoms with Crippen LogP contribution in [-0.4, -0.2) is 38.3 Å². The van der Waals surface area contributed by atoms with E-state index in [0.29, 0.717) is 0 Å². The molecule has 102 valence electrons. The maximum atomic E-state index is 12.2. The van der Waals surface area contributed by atoms with E-state index in [1.165, 1.54) is 14.0 Å². The van der Waals surface area contributed by atoms with Crippen LogP contribution < -0.4 is 10.8 Å². The van der Waals surface area contributed by atoms with E-state index >= 15 is 0 Å². The molecule has 3 N–H and O–H groups in total. The SMILES string of the molecule is CCOC(=O)C(C)NP(=O)(COC)OC(C)N. The molecule has 0 spiro atoms. The summed E-state index contributed by atoms with van der Waals surface area (Å²) in [6, 6.07) is -0.755. The molecule has 0 radical (unpaired) electrons. The minimum Gasteiger partial charge on any atom is -0.465 e. The lowest BCUT2D eigenvalue weighted by molar-refractivity contribution is -0.144. The zero-order valence-electron chi connectivity index (χ0n) is 10.6. The Morgan fingerprint density at radius 2 is 2.06 bits per heavy atom. The largest absolute Gasteiger partial charge is 0.465 e. The summed E-state index contributed by atoms with van der Waals surface area (Å²) >= 11 is 0. The normalized spacial score (nSPS) is 18.2. The molecule has 3 unspecified atom stereocenters. The van der Waals surface area contributed by atoms with E-state index in [9.17, 15) is 9.36 Å². The maximum Gasteiger partial charge on any atom is 0.323 e. The van der Waals surface area contributed by atoms with Crippen LogP contribution in [0.2, 0.25) is 0 Å². The number of nitrogens with one attached hydrogen (secondary N) is 1. The van der Waals surface area contributed by atoms with Gasteiger partial charge in [-0.15, -0.1) is 0 Å². The molecule has 0 fully saturated rings. The number of nitrogens with two attached hydrogens (primary N) is 1. The van der Waals surface area contributed by atoms with Crippen molar-refractivity contribution in [1.82, 2.24) is 5.09 Å². The Hall–Kier alpha value is -0.460. The van der Waals surface area contributed by atoms with Gasteiger partial charge in [-0.3, -0.25) is 13.9 Å². The zero-order chi connectivity index (χ0) is 13.5. The van der Waals surface area contributed by atoms with Crippen LogP contribution in [0, 0.1) is 0 Å². The maximum absolute atomic E-state index is 12.2. The highest BCUT2D eigenvalue weighted by atomic mass is 31.2. The Morgan fingerprint density at radius 3 is 2.47 bits per heavy atom. The van der Waals surface area contributed by atoms with Crippen molar-refractivity contribution in [1.29, 1.82) is 0 Å². The molecular formula is C9H21N2O5P. The molecule has 7 nitrogen and oxygen atoms in total. The number of carbonyl (C=O) groups is 1. The van der Waals surface area contributed by atoms with Crippen molar-refractivity contribution >= 4 is 13.5 Å². The van der Waals surface area contributed by atoms with Crippen LogP contribution >= 0.6 is 7.52 Å². The Morgan fingerprint density at radius 1 is 1.47 bits per heavy atom. The standard InChI is InChI=1S/C9H21N2O5P/c1-5-15-9(12)7(2)11-17(13,6-14-4)16-8(3)10/h7-8H,5-6,10H2,1-4H3,(H,11,13). The molecule has 0 aliphatic carbocycles. The van der Waals surface area contributed by atoms with Crippen LogP contribution in [0.1, 0.15) is 20.8 Å². The molecule has 3 atom stereocenters. The van der Waals surface area contributed by atoms with E-state index < -0.39 is 25.8 Å². The third-order valence-electron chi connectivity index (χ3n) is 1.67. The van der Waals surface area contributed by atoms with E-state index in [1.807, 2.05) is 0 Å². The number of carbonyl (C=O) groups excluding carboxylic acids is 1. The monoisotopic (exact) mass is 268 g/mol. The van der Waals surface area contributed by atoms with E-state index in [1.54, 1.807) is 13.8 Å². The second-order valence-electron chi connectivity index (χ2n) is 3.50. The minimum atomic E-state index is -3.31. The zero-order valence-corrected chi connectivity index (χ0v) is 11.5. The second kappa shape index (κ2) is 7.79. The van der Waals surface area contributed by atoms with Gasteiger partial charge < -0.3 is 15.2 Å². The molecule has 0 aromatic heterocycles. The van der Waals surface area contributed by atoms with Gasteiger partial charge in [-0.25, -0.2) is 5.09 Å². The van der Waals surface area contributed by atoms with Crippen molar-refractivity contribution in [2.24, 2.45) is 5.73 Å². The molecule has 0 amide bonds. The Kier molecular flexibility index (Phi) is 7.58. The van der Waals surface area contributed by atoms with Gasteiger partial charge in [-0.2, -0.15) is 0 Å². The summed E-state index contributed by atoms with van der Waals surface area (Å²) in [5, 5.41) is 2.56. The fourth-order valence-electron chi connectivity index (χ4n) is 1.15. The Bertz CT molecular complexity index is 285. The average Bonchev–Trinajstić information content (AvgIpc) is 2.16. The first kappa shape index (κ1) is 16.5. The van der Waals surface area contributed by atoms with Crippen molar-refractivity contribution < 1.29 is 23.4 Å². The van der Waals surface area contributed by atoms with Gasteiger partial charge >= 0.3 is 5.97 Å². The van der Waals surface area contributed by atoms with Gasteiger partial charge in [0.15, 0.2) is 0 Å². The van der Waals surface area contributed by atoms with Gasteiger partial charge in [0.05, 0.1) is 6.61 Å². The smallest absolute Gasteiger partial charge is 0.323 e. The first-order valence-electron chi connectivity index (χ1n) is 5.31. The molecule has 0 heterocycles. The molecule has 17 heavy (non-hydrogen) atoms. The van der Waals surface area contributed by atoms with Crippen molar-refractivity contribution in [3.63, 3.8) is 0 Å². The van der Waals surface area contributed by atoms with Gasteiger partial charge in [-0.1, -0.05) is 0 Å². The van der Waals surface area contributed by atoms with Crippen molar-refractivity contribution in [3.8, 4) is 0 Å². The first-order chi connectivity index (χ1) is 7.84. The van der Waals surface area contributed by atoms with Crippen molar-refractivity contribution in [3.05, 3.63) is 0 Å². The van der Waals surface area contributed by atoms with Crippen LogP contribution in [0.15, 0.2) is 0 Å². The molecule has 0 rings (SSSR count). The molecule has 8 heteroatoms. The summed E-state index contributed by atoms with van der Waals surface area (Å²) in [6.07, 6.45) is -0.893. The lowest BCUT2D eigenvalue weighted by Crippen LogP contribution is -2.36. The highest BCUT2D eigenvalue weighted by molar-refractivity contribution is 7.56. The van der Waals surface area contributed by atoms with Crippen molar-refractivity contribution in [2.45, 2.75) is 33.0 Å².